The van der Waals surface area contributed by atoms with Gasteiger partial charge in [0.2, 0.25) is 5.91 Å². The molecule has 2 N–H and O–H groups in total. The molecule has 1 unspecified atom stereocenters. The zero-order chi connectivity index (χ0) is 18.4. The average Bonchev–Trinajstić information content (AvgIpc) is 3.02. The van der Waals surface area contributed by atoms with Gasteiger partial charge in [-0.3, -0.25) is 9.69 Å². The lowest BCUT2D eigenvalue weighted by Gasteiger charge is -2.26. The van der Waals surface area contributed by atoms with Crippen LogP contribution >= 0.6 is 0 Å². The number of hydrogen-bond acceptors (Lipinski definition) is 6. The van der Waals surface area contributed by atoms with Crippen molar-refractivity contribution in [3.63, 3.8) is 0 Å². The summed E-state index contributed by atoms with van der Waals surface area (Å²) in [6, 6.07) is 4.04. The van der Waals surface area contributed by atoms with Crippen molar-refractivity contribution < 1.29 is 9.21 Å². The maximum absolute atomic E-state index is 12.5. The average molecular weight is 357 g/mol. The second-order valence-corrected chi connectivity index (χ2v) is 6.91. The molecule has 1 fully saturated rings. The molecule has 1 aliphatic heterocycles. The number of carbonyl (C=O) groups excluding carboxylic acids is 1. The Balaban J connectivity index is 1.48. The van der Waals surface area contributed by atoms with Crippen LogP contribution in [0.5, 0.6) is 0 Å². The molecule has 1 amide bonds. The van der Waals surface area contributed by atoms with Crippen molar-refractivity contribution in [2.45, 2.75) is 44.7 Å². The number of anilines is 1. The maximum Gasteiger partial charge on any atom is 0.222 e. The molecule has 1 saturated heterocycles. The van der Waals surface area contributed by atoms with Crippen molar-refractivity contribution in [3.05, 3.63) is 42.2 Å². The van der Waals surface area contributed by atoms with E-state index in [2.05, 4.69) is 21.9 Å². The SMILES string of the molecule is CN(Cc1nccc(N)n1)C1CCCN(C(=O)CCc2ccoc2)CC1. The van der Waals surface area contributed by atoms with Gasteiger partial charge in [-0.15, -0.1) is 0 Å². The van der Waals surface area contributed by atoms with Gasteiger partial charge in [-0.1, -0.05) is 0 Å². The number of nitrogens with zero attached hydrogens (tertiary/aromatic N) is 4. The van der Waals surface area contributed by atoms with E-state index < -0.39 is 0 Å². The van der Waals surface area contributed by atoms with Crippen LogP contribution < -0.4 is 5.73 Å². The molecule has 0 radical (unpaired) electrons. The largest absolute Gasteiger partial charge is 0.472 e. The Morgan fingerprint density at radius 2 is 2.27 bits per heavy atom. The van der Waals surface area contributed by atoms with Gasteiger partial charge in [-0.25, -0.2) is 9.97 Å². The summed E-state index contributed by atoms with van der Waals surface area (Å²) in [4.78, 5) is 25.3. The van der Waals surface area contributed by atoms with Crippen LogP contribution in [0.1, 0.15) is 37.1 Å². The topological polar surface area (TPSA) is 88.5 Å². The van der Waals surface area contributed by atoms with Gasteiger partial charge in [-0.2, -0.15) is 0 Å². The summed E-state index contributed by atoms with van der Waals surface area (Å²) in [7, 11) is 2.09. The van der Waals surface area contributed by atoms with Crippen LogP contribution in [0.15, 0.2) is 35.3 Å². The van der Waals surface area contributed by atoms with Crippen LogP contribution in [0, 0.1) is 0 Å². The van der Waals surface area contributed by atoms with Gasteiger partial charge in [0, 0.05) is 31.7 Å². The molecular formula is C19H27N5O2. The summed E-state index contributed by atoms with van der Waals surface area (Å²) in [5.74, 6) is 1.47. The number of nitrogens with two attached hydrogens (primary N) is 1. The lowest BCUT2D eigenvalue weighted by atomic mass is 10.1. The number of aryl methyl sites for hydroxylation is 1. The van der Waals surface area contributed by atoms with E-state index in [-0.39, 0.29) is 5.91 Å². The molecule has 2 aromatic rings. The quantitative estimate of drug-likeness (QED) is 0.852. The standard InChI is InChI=1S/C19H27N5O2/c1-23(13-18-21-9-6-17(20)22-18)16-3-2-10-24(11-7-16)19(25)5-4-15-8-12-26-14-15/h6,8-9,12,14,16H,2-5,7,10-11,13H2,1H3,(H2,20,21,22). The van der Waals surface area contributed by atoms with Gasteiger partial charge < -0.3 is 15.1 Å². The van der Waals surface area contributed by atoms with E-state index in [9.17, 15) is 4.79 Å². The number of aromatic nitrogens is 2. The van der Waals surface area contributed by atoms with E-state index in [1.165, 1.54) is 0 Å². The van der Waals surface area contributed by atoms with Crippen molar-refractivity contribution in [2.75, 3.05) is 25.9 Å². The highest BCUT2D eigenvalue weighted by atomic mass is 16.3. The molecule has 0 saturated carbocycles. The number of furan rings is 1. The lowest BCUT2D eigenvalue weighted by molar-refractivity contribution is -0.131. The Morgan fingerprint density at radius 3 is 3.04 bits per heavy atom. The smallest absolute Gasteiger partial charge is 0.222 e. The summed E-state index contributed by atoms with van der Waals surface area (Å²) in [6.45, 7) is 2.31. The highest BCUT2D eigenvalue weighted by Crippen LogP contribution is 2.18. The van der Waals surface area contributed by atoms with Crippen molar-refractivity contribution in [1.29, 1.82) is 0 Å². The number of nitrogen functional groups attached to an aromatic ring is 1. The Bertz CT molecular complexity index is 704. The van der Waals surface area contributed by atoms with Gasteiger partial charge in [0.05, 0.1) is 19.1 Å². The third-order valence-electron chi connectivity index (χ3n) is 5.00. The van der Waals surface area contributed by atoms with Gasteiger partial charge >= 0.3 is 0 Å². The summed E-state index contributed by atoms with van der Waals surface area (Å²) in [5, 5.41) is 0. The molecule has 0 spiro atoms. The number of amides is 1. The molecule has 1 atom stereocenters. The summed E-state index contributed by atoms with van der Waals surface area (Å²) in [5.41, 5.74) is 6.81. The van der Waals surface area contributed by atoms with Crippen LogP contribution in [-0.4, -0.2) is 51.9 Å². The van der Waals surface area contributed by atoms with Crippen LogP contribution in [-0.2, 0) is 17.8 Å². The molecule has 1 aliphatic rings. The predicted octanol–water partition coefficient (Wildman–Crippen LogP) is 2.10. The third-order valence-corrected chi connectivity index (χ3v) is 5.00. The first kappa shape index (κ1) is 18.4. The van der Waals surface area contributed by atoms with Crippen molar-refractivity contribution in [2.24, 2.45) is 0 Å². The zero-order valence-corrected chi connectivity index (χ0v) is 15.3. The van der Waals surface area contributed by atoms with E-state index in [0.29, 0.717) is 24.8 Å². The fourth-order valence-corrected chi connectivity index (χ4v) is 3.46. The summed E-state index contributed by atoms with van der Waals surface area (Å²) in [6.07, 6.45) is 9.39. The van der Waals surface area contributed by atoms with Crippen LogP contribution in [0.25, 0.3) is 0 Å². The fourth-order valence-electron chi connectivity index (χ4n) is 3.46. The van der Waals surface area contributed by atoms with E-state index in [4.69, 9.17) is 10.2 Å². The molecule has 140 valence electrons. The molecule has 0 aliphatic carbocycles. The van der Waals surface area contributed by atoms with Crippen molar-refractivity contribution in [3.8, 4) is 0 Å². The fraction of sp³-hybridized carbons (Fsp3) is 0.526. The molecular weight excluding hydrogens is 330 g/mol. The lowest BCUT2D eigenvalue weighted by Crippen LogP contribution is -2.35. The van der Waals surface area contributed by atoms with Gasteiger partial charge in [0.1, 0.15) is 11.6 Å². The highest BCUT2D eigenvalue weighted by Gasteiger charge is 2.23. The minimum Gasteiger partial charge on any atom is -0.472 e. The summed E-state index contributed by atoms with van der Waals surface area (Å²) >= 11 is 0. The molecule has 7 heteroatoms. The first-order valence-corrected chi connectivity index (χ1v) is 9.18. The minimum atomic E-state index is 0.230. The summed E-state index contributed by atoms with van der Waals surface area (Å²) < 4.78 is 5.06. The van der Waals surface area contributed by atoms with Gasteiger partial charge in [0.15, 0.2) is 0 Å². The normalized spacial score (nSPS) is 18.1. The zero-order valence-electron chi connectivity index (χ0n) is 15.3. The van der Waals surface area contributed by atoms with Crippen LogP contribution in [0.3, 0.4) is 0 Å². The van der Waals surface area contributed by atoms with Crippen molar-refractivity contribution >= 4 is 11.7 Å². The molecule has 2 aromatic heterocycles. The predicted molar refractivity (Wildman–Crippen MR) is 99.2 cm³/mol. The van der Waals surface area contributed by atoms with Gasteiger partial charge in [-0.05, 0) is 50.4 Å². The maximum atomic E-state index is 12.5. The number of carbonyl (C=O) groups is 1. The Labute approximate surface area is 154 Å². The monoisotopic (exact) mass is 357 g/mol. The highest BCUT2D eigenvalue weighted by molar-refractivity contribution is 5.76. The Morgan fingerprint density at radius 1 is 1.38 bits per heavy atom. The van der Waals surface area contributed by atoms with E-state index in [0.717, 1.165) is 50.2 Å². The molecule has 0 bridgehead atoms. The second-order valence-electron chi connectivity index (χ2n) is 6.91. The van der Waals surface area contributed by atoms with Gasteiger partial charge in [0.25, 0.3) is 0 Å². The first-order valence-electron chi connectivity index (χ1n) is 9.18. The molecule has 7 nitrogen and oxygen atoms in total. The number of hydrogen-bond donors (Lipinski definition) is 1. The molecule has 3 heterocycles. The van der Waals surface area contributed by atoms with Crippen molar-refractivity contribution in [1.82, 2.24) is 19.8 Å². The Hall–Kier alpha value is -2.41. The molecule has 26 heavy (non-hydrogen) atoms. The van der Waals surface area contributed by atoms with Crippen LogP contribution in [0.2, 0.25) is 0 Å². The minimum absolute atomic E-state index is 0.230. The Kier molecular flexibility index (Phi) is 6.22. The molecule has 3 rings (SSSR count). The molecule has 0 aromatic carbocycles. The second kappa shape index (κ2) is 8.80. The van der Waals surface area contributed by atoms with E-state index in [1.807, 2.05) is 11.0 Å². The van der Waals surface area contributed by atoms with E-state index >= 15 is 0 Å². The van der Waals surface area contributed by atoms with E-state index in [1.54, 1.807) is 24.8 Å². The third kappa shape index (κ3) is 5.05. The number of rotatable bonds is 6. The first-order chi connectivity index (χ1) is 12.6. The van der Waals surface area contributed by atoms with Crippen LogP contribution in [0.4, 0.5) is 5.82 Å². The number of likely N-dealkylation sites (tertiary alicyclic amines) is 1.